The number of hydrogen-bond acceptors (Lipinski definition) is 3. The third-order valence-electron chi connectivity index (χ3n) is 1.50. The summed E-state index contributed by atoms with van der Waals surface area (Å²) >= 11 is 0. The topological polar surface area (TPSA) is 27.3 Å². The van der Waals surface area contributed by atoms with Crippen LogP contribution in [0, 0.1) is 5.41 Å². The van der Waals surface area contributed by atoms with E-state index in [0.29, 0.717) is 0 Å². The Kier molecular flexibility index (Phi) is 1.60. The average Bonchev–Trinajstić information content (AvgIpc) is 2.11. The highest BCUT2D eigenvalue weighted by Gasteiger charge is 2.21. The van der Waals surface area contributed by atoms with E-state index >= 15 is 0 Å². The van der Waals surface area contributed by atoms with E-state index in [1.807, 2.05) is 18.4 Å². The third kappa shape index (κ3) is 1.42. The number of allylic oxidation sites excluding steroid dienone is 1. The van der Waals surface area contributed by atoms with Crippen LogP contribution in [0.25, 0.3) is 0 Å². The van der Waals surface area contributed by atoms with E-state index in [2.05, 4.69) is 31.6 Å². The Bertz CT molecular complexity index is 155. The van der Waals surface area contributed by atoms with Crippen molar-refractivity contribution in [1.29, 1.82) is 0 Å². The van der Waals surface area contributed by atoms with Gasteiger partial charge in [-0.15, -0.1) is 5.12 Å². The smallest absolute Gasteiger partial charge is 0.0506 e. The van der Waals surface area contributed by atoms with Crippen molar-refractivity contribution in [2.45, 2.75) is 20.8 Å². The fraction of sp³-hybridized carbons (Fsp3) is 0.714. The first-order valence-electron chi connectivity index (χ1n) is 3.47. The molecule has 1 heterocycles. The average molecular weight is 141 g/mol. The first-order chi connectivity index (χ1) is 4.50. The number of hydrazine groups is 2. The van der Waals surface area contributed by atoms with E-state index in [9.17, 15) is 0 Å². The predicted octanol–water partition coefficient (Wildman–Crippen LogP) is 0.828. The van der Waals surface area contributed by atoms with Crippen LogP contribution >= 0.6 is 0 Å². The maximum atomic E-state index is 3.18. The molecule has 2 N–H and O–H groups in total. The number of nitrogens with one attached hydrogen (secondary N) is 2. The molecule has 0 saturated carbocycles. The van der Waals surface area contributed by atoms with Crippen LogP contribution < -0.4 is 10.9 Å². The summed E-state index contributed by atoms with van der Waals surface area (Å²) in [5, 5.41) is 1.83. The van der Waals surface area contributed by atoms with Gasteiger partial charge in [-0.2, -0.15) is 0 Å². The summed E-state index contributed by atoms with van der Waals surface area (Å²) in [6, 6.07) is 0. The quantitative estimate of drug-likeness (QED) is 0.523. The van der Waals surface area contributed by atoms with Gasteiger partial charge in [0, 0.05) is 18.7 Å². The summed E-state index contributed by atoms with van der Waals surface area (Å²) in [6.07, 6.45) is 1.99. The van der Waals surface area contributed by atoms with Gasteiger partial charge in [0.05, 0.1) is 5.70 Å². The molecule has 0 unspecified atom stereocenters. The highest BCUT2D eigenvalue weighted by Crippen LogP contribution is 2.23. The minimum Gasteiger partial charge on any atom is -0.307 e. The molecule has 0 spiro atoms. The highest BCUT2D eigenvalue weighted by molar-refractivity contribution is 5.09. The van der Waals surface area contributed by atoms with Gasteiger partial charge in [-0.25, -0.2) is 0 Å². The molecule has 0 saturated heterocycles. The fourth-order valence-electron chi connectivity index (χ4n) is 0.791. The molecule has 1 aliphatic rings. The van der Waals surface area contributed by atoms with Gasteiger partial charge in [0.1, 0.15) is 0 Å². The molecule has 3 heteroatoms. The van der Waals surface area contributed by atoms with Crippen LogP contribution in [0.2, 0.25) is 0 Å². The zero-order valence-electron chi connectivity index (χ0n) is 7.02. The lowest BCUT2D eigenvalue weighted by atomic mass is 9.93. The van der Waals surface area contributed by atoms with Crippen molar-refractivity contribution in [2.24, 2.45) is 5.41 Å². The Balaban J connectivity index is 2.60. The summed E-state index contributed by atoms with van der Waals surface area (Å²) in [5.74, 6) is 0. The third-order valence-corrected chi connectivity index (χ3v) is 1.50. The van der Waals surface area contributed by atoms with E-state index < -0.39 is 0 Å². The summed E-state index contributed by atoms with van der Waals surface area (Å²) in [5.41, 5.74) is 7.64. The molecular weight excluding hydrogens is 126 g/mol. The lowest BCUT2D eigenvalue weighted by Gasteiger charge is -2.21. The number of rotatable bonds is 0. The van der Waals surface area contributed by atoms with E-state index in [-0.39, 0.29) is 5.41 Å². The number of hydrogen-bond donors (Lipinski definition) is 2. The maximum Gasteiger partial charge on any atom is 0.0506 e. The van der Waals surface area contributed by atoms with Gasteiger partial charge in [-0.05, 0) is 0 Å². The van der Waals surface area contributed by atoms with Gasteiger partial charge in [-0.3, -0.25) is 0 Å². The molecule has 0 aromatic carbocycles. The molecule has 0 aliphatic carbocycles. The molecule has 0 aromatic heterocycles. The van der Waals surface area contributed by atoms with Crippen molar-refractivity contribution >= 4 is 0 Å². The van der Waals surface area contributed by atoms with Crippen LogP contribution in [0.1, 0.15) is 20.8 Å². The van der Waals surface area contributed by atoms with Gasteiger partial charge in [-0.1, -0.05) is 20.8 Å². The van der Waals surface area contributed by atoms with Crippen molar-refractivity contribution in [3.05, 3.63) is 11.9 Å². The Hall–Kier alpha value is -0.700. The van der Waals surface area contributed by atoms with Gasteiger partial charge in [0.25, 0.3) is 0 Å². The van der Waals surface area contributed by atoms with Crippen LogP contribution in [0.15, 0.2) is 11.9 Å². The van der Waals surface area contributed by atoms with Gasteiger partial charge in [0.2, 0.25) is 0 Å². The van der Waals surface area contributed by atoms with Crippen LogP contribution in [-0.4, -0.2) is 12.2 Å². The monoisotopic (exact) mass is 141 g/mol. The molecule has 1 aliphatic heterocycles. The zero-order valence-corrected chi connectivity index (χ0v) is 7.02. The van der Waals surface area contributed by atoms with Crippen LogP contribution in [0.5, 0.6) is 0 Å². The molecule has 0 aromatic rings. The summed E-state index contributed by atoms with van der Waals surface area (Å²) in [6.45, 7) is 6.52. The summed E-state index contributed by atoms with van der Waals surface area (Å²) < 4.78 is 0. The molecule has 0 atom stereocenters. The van der Waals surface area contributed by atoms with Crippen molar-refractivity contribution in [3.63, 3.8) is 0 Å². The lowest BCUT2D eigenvalue weighted by molar-refractivity contribution is 0.225. The first kappa shape index (κ1) is 7.41. The Morgan fingerprint density at radius 1 is 1.40 bits per heavy atom. The first-order valence-corrected chi connectivity index (χ1v) is 3.47. The molecule has 58 valence electrons. The van der Waals surface area contributed by atoms with Gasteiger partial charge in [0.15, 0.2) is 0 Å². The molecule has 1 rings (SSSR count). The molecule has 3 nitrogen and oxygen atoms in total. The van der Waals surface area contributed by atoms with Crippen LogP contribution in [0.3, 0.4) is 0 Å². The van der Waals surface area contributed by atoms with E-state index in [1.54, 1.807) is 0 Å². The lowest BCUT2D eigenvalue weighted by Crippen LogP contribution is -2.36. The van der Waals surface area contributed by atoms with E-state index in [4.69, 9.17) is 0 Å². The largest absolute Gasteiger partial charge is 0.307 e. The summed E-state index contributed by atoms with van der Waals surface area (Å²) in [7, 11) is 1.94. The highest BCUT2D eigenvalue weighted by atomic mass is 15.7. The van der Waals surface area contributed by atoms with Crippen LogP contribution in [0.4, 0.5) is 0 Å². The molecule has 10 heavy (non-hydrogen) atoms. The van der Waals surface area contributed by atoms with E-state index in [1.165, 1.54) is 5.70 Å². The zero-order chi connectivity index (χ0) is 7.78. The predicted molar refractivity (Wildman–Crippen MR) is 41.6 cm³/mol. The second-order valence-corrected chi connectivity index (χ2v) is 3.61. The fourth-order valence-corrected chi connectivity index (χ4v) is 0.791. The molecule has 0 bridgehead atoms. The van der Waals surface area contributed by atoms with Gasteiger partial charge < -0.3 is 10.9 Å². The van der Waals surface area contributed by atoms with Gasteiger partial charge >= 0.3 is 0 Å². The van der Waals surface area contributed by atoms with Crippen LogP contribution in [-0.2, 0) is 0 Å². The van der Waals surface area contributed by atoms with Crippen molar-refractivity contribution in [2.75, 3.05) is 7.05 Å². The second kappa shape index (κ2) is 2.16. The second-order valence-electron chi connectivity index (χ2n) is 3.61. The SMILES string of the molecule is CN1NC=C(C(C)(C)C)N1. The molecule has 0 amide bonds. The normalized spacial score (nSPS) is 19.8. The minimum atomic E-state index is 0.206. The molecular formula is C7H15N3. The van der Waals surface area contributed by atoms with Crippen molar-refractivity contribution in [1.82, 2.24) is 16.0 Å². The summed E-state index contributed by atoms with van der Waals surface area (Å²) in [4.78, 5) is 0. The van der Waals surface area contributed by atoms with Crippen molar-refractivity contribution < 1.29 is 0 Å². The molecule has 0 fully saturated rings. The van der Waals surface area contributed by atoms with Crippen molar-refractivity contribution in [3.8, 4) is 0 Å². The maximum absolute atomic E-state index is 3.18. The number of nitrogens with zero attached hydrogens (tertiary/aromatic N) is 1. The molecule has 0 radical (unpaired) electrons. The minimum absolute atomic E-state index is 0.206. The Morgan fingerprint density at radius 2 is 2.00 bits per heavy atom. The Morgan fingerprint density at radius 3 is 2.20 bits per heavy atom. The standard InChI is InChI=1S/C7H15N3/c1-7(2,3)6-5-8-10(4)9-6/h5,8-9H,1-4H3. The Labute approximate surface area is 62.0 Å². The van der Waals surface area contributed by atoms with E-state index in [0.717, 1.165) is 0 Å².